The minimum Gasteiger partial charge on any atom is -0.394 e. The van der Waals surface area contributed by atoms with E-state index in [1.165, 1.54) is 0 Å². The van der Waals surface area contributed by atoms with E-state index in [1.807, 2.05) is 0 Å². The highest BCUT2D eigenvalue weighted by atomic mass is 16.7. The van der Waals surface area contributed by atoms with Gasteiger partial charge in [-0.15, -0.1) is 0 Å². The predicted molar refractivity (Wildman–Crippen MR) is 103 cm³/mol. The molecule has 2 fully saturated rings. The molecule has 2 aliphatic heterocycles. The average Bonchev–Trinajstić information content (AvgIpc) is 2.83. The Morgan fingerprint density at radius 3 is 1.88 bits per heavy atom. The summed E-state index contributed by atoms with van der Waals surface area (Å²) in [5.74, 6) is 0. The van der Waals surface area contributed by atoms with Crippen molar-refractivity contribution in [2.75, 3.05) is 26.4 Å². The molecule has 2 heterocycles. The van der Waals surface area contributed by atoms with Gasteiger partial charge in [-0.2, -0.15) is 0 Å². The van der Waals surface area contributed by atoms with Crippen molar-refractivity contribution < 1.29 is 80.2 Å². The van der Waals surface area contributed by atoms with Crippen LogP contribution in [0.3, 0.4) is 0 Å². The SMILES string of the molecule is OC[C@@H](O)[C@@H](O)[C@H](O)[C@@H](CO)O[C@@H]1[C@H](O)[C@@H](O)O[C@H](CO[C@H]2O[C@H](CO)[C@@H](O)[C@H](O)[C@@H]2O)[C@H]1O. The first-order chi connectivity index (χ1) is 16.0. The Bertz CT molecular complexity index is 596. The summed E-state index contributed by atoms with van der Waals surface area (Å²) < 4.78 is 20.8. The highest BCUT2D eigenvalue weighted by Gasteiger charge is 2.49. The summed E-state index contributed by atoms with van der Waals surface area (Å²) in [6.07, 6.45) is -24.2. The zero-order valence-corrected chi connectivity index (χ0v) is 17.9. The Balaban J connectivity index is 2.06. The van der Waals surface area contributed by atoms with Crippen molar-refractivity contribution in [1.29, 1.82) is 0 Å². The van der Waals surface area contributed by atoms with Crippen molar-refractivity contribution in [1.82, 2.24) is 0 Å². The molecule has 12 N–H and O–H groups in total. The summed E-state index contributed by atoms with van der Waals surface area (Å²) in [6.45, 7) is -3.23. The van der Waals surface area contributed by atoms with E-state index in [1.54, 1.807) is 0 Å². The maximum atomic E-state index is 10.6. The quantitative estimate of drug-likeness (QED) is 0.124. The monoisotopic (exact) mass is 506 g/mol. The Labute approximate surface area is 193 Å². The number of ether oxygens (including phenoxy) is 4. The summed E-state index contributed by atoms with van der Waals surface area (Å²) in [7, 11) is 0. The number of hydrogen-bond donors (Lipinski definition) is 12. The molecular weight excluding hydrogens is 472 g/mol. The molecule has 2 saturated heterocycles. The van der Waals surface area contributed by atoms with Crippen LogP contribution in [0.25, 0.3) is 0 Å². The molecule has 2 aliphatic rings. The van der Waals surface area contributed by atoms with Crippen molar-refractivity contribution in [3.05, 3.63) is 0 Å². The molecule has 0 radical (unpaired) electrons. The van der Waals surface area contributed by atoms with Crippen molar-refractivity contribution in [2.45, 2.75) is 85.8 Å². The van der Waals surface area contributed by atoms with Crippen molar-refractivity contribution >= 4 is 0 Å². The molecule has 0 bridgehead atoms. The van der Waals surface area contributed by atoms with Gasteiger partial charge in [-0.25, -0.2) is 0 Å². The zero-order valence-electron chi connectivity index (χ0n) is 17.9. The van der Waals surface area contributed by atoms with Crippen molar-refractivity contribution in [3.63, 3.8) is 0 Å². The largest absolute Gasteiger partial charge is 0.394 e. The molecule has 14 atom stereocenters. The van der Waals surface area contributed by atoms with E-state index in [-0.39, 0.29) is 0 Å². The second-order valence-electron chi connectivity index (χ2n) is 8.13. The van der Waals surface area contributed by atoms with Crippen molar-refractivity contribution in [3.8, 4) is 0 Å². The second-order valence-corrected chi connectivity index (χ2v) is 8.13. The highest BCUT2D eigenvalue weighted by Crippen LogP contribution is 2.27. The third kappa shape index (κ3) is 6.56. The number of rotatable bonds is 11. The molecule has 0 amide bonds. The van der Waals surface area contributed by atoms with Gasteiger partial charge in [-0.3, -0.25) is 0 Å². The predicted octanol–water partition coefficient (Wildman–Crippen LogP) is -7.94. The molecule has 0 aromatic heterocycles. The molecule has 0 aromatic carbocycles. The molecule has 0 unspecified atom stereocenters. The van der Waals surface area contributed by atoms with Gasteiger partial charge in [0.2, 0.25) is 0 Å². The van der Waals surface area contributed by atoms with E-state index < -0.39 is 112 Å². The third-order valence-electron chi connectivity index (χ3n) is 5.76. The van der Waals surface area contributed by atoms with Gasteiger partial charge in [0.1, 0.15) is 73.2 Å². The lowest BCUT2D eigenvalue weighted by Gasteiger charge is -2.44. The van der Waals surface area contributed by atoms with Crippen molar-refractivity contribution in [2.24, 2.45) is 0 Å². The van der Waals surface area contributed by atoms with Crippen LogP contribution in [0.5, 0.6) is 0 Å². The van der Waals surface area contributed by atoms with E-state index in [4.69, 9.17) is 24.1 Å². The van der Waals surface area contributed by atoms with Crippen LogP contribution in [0.2, 0.25) is 0 Å². The fraction of sp³-hybridized carbons (Fsp3) is 1.00. The van der Waals surface area contributed by atoms with Gasteiger partial charge >= 0.3 is 0 Å². The normalized spacial score (nSPS) is 42.7. The molecular formula is C18H34O16. The van der Waals surface area contributed by atoms with Crippen LogP contribution in [0.1, 0.15) is 0 Å². The standard InChI is InChI=1S/C18H34O16/c19-1-5(22)9(23)10(24)6(2-20)32-16-12(26)8(33-17(30)15(16)29)4-31-18-14(28)13(27)11(25)7(3-21)34-18/h5-30H,1-4H2/t5-,6-,7-,8-,9-,10-,11-,12-,13+,14+,15+,16+,17+,18+/m1/s1. The summed E-state index contributed by atoms with van der Waals surface area (Å²) in [5.41, 5.74) is 0. The smallest absolute Gasteiger partial charge is 0.186 e. The highest BCUT2D eigenvalue weighted by molar-refractivity contribution is 4.93. The zero-order chi connectivity index (χ0) is 25.7. The van der Waals surface area contributed by atoms with Crippen LogP contribution in [0.15, 0.2) is 0 Å². The fourth-order valence-electron chi connectivity index (χ4n) is 3.60. The molecule has 2 rings (SSSR count). The number of aliphatic hydroxyl groups is 12. The summed E-state index contributed by atoms with van der Waals surface area (Å²) >= 11 is 0. The van der Waals surface area contributed by atoms with Gasteiger partial charge in [0.15, 0.2) is 12.6 Å². The maximum absolute atomic E-state index is 10.6. The van der Waals surface area contributed by atoms with Crippen LogP contribution >= 0.6 is 0 Å². The third-order valence-corrected chi connectivity index (χ3v) is 5.76. The summed E-state index contributed by atoms with van der Waals surface area (Å²) in [5, 5.41) is 117. The first-order valence-corrected chi connectivity index (χ1v) is 10.5. The van der Waals surface area contributed by atoms with Gasteiger partial charge in [-0.1, -0.05) is 0 Å². The summed E-state index contributed by atoms with van der Waals surface area (Å²) in [4.78, 5) is 0. The lowest BCUT2D eigenvalue weighted by atomic mass is 9.97. The fourth-order valence-corrected chi connectivity index (χ4v) is 3.60. The molecule has 0 spiro atoms. The Kier molecular flexibility index (Phi) is 11.4. The van der Waals surface area contributed by atoms with Crippen LogP contribution < -0.4 is 0 Å². The van der Waals surface area contributed by atoms with E-state index in [0.717, 1.165) is 0 Å². The minimum absolute atomic E-state index is 0.633. The topological polar surface area (TPSA) is 280 Å². The van der Waals surface area contributed by atoms with Crippen LogP contribution in [0, 0.1) is 0 Å². The Morgan fingerprint density at radius 2 is 1.32 bits per heavy atom. The van der Waals surface area contributed by atoms with E-state index in [0.29, 0.717) is 0 Å². The van der Waals surface area contributed by atoms with Gasteiger partial charge in [0, 0.05) is 0 Å². The van der Waals surface area contributed by atoms with Gasteiger partial charge in [0.05, 0.1) is 26.4 Å². The van der Waals surface area contributed by atoms with Gasteiger partial charge in [-0.05, 0) is 0 Å². The van der Waals surface area contributed by atoms with E-state index in [9.17, 15) is 56.2 Å². The first-order valence-electron chi connectivity index (χ1n) is 10.5. The average molecular weight is 506 g/mol. The number of aliphatic hydroxyl groups excluding tert-OH is 12. The Morgan fingerprint density at radius 1 is 0.676 bits per heavy atom. The molecule has 16 nitrogen and oxygen atoms in total. The van der Waals surface area contributed by atoms with Gasteiger partial charge < -0.3 is 80.2 Å². The molecule has 0 aliphatic carbocycles. The van der Waals surface area contributed by atoms with Crippen LogP contribution in [-0.4, -0.2) is 174 Å². The minimum atomic E-state index is -1.98. The second kappa shape index (κ2) is 13.1. The molecule has 0 saturated carbocycles. The molecule has 34 heavy (non-hydrogen) atoms. The molecule has 0 aromatic rings. The molecule has 16 heteroatoms. The van der Waals surface area contributed by atoms with E-state index in [2.05, 4.69) is 0 Å². The summed E-state index contributed by atoms with van der Waals surface area (Å²) in [6, 6.07) is 0. The molecule has 202 valence electrons. The lowest BCUT2D eigenvalue weighted by Crippen LogP contribution is -2.63. The van der Waals surface area contributed by atoms with Crippen LogP contribution in [-0.2, 0) is 18.9 Å². The first kappa shape index (κ1) is 29.6. The van der Waals surface area contributed by atoms with Crippen LogP contribution in [0.4, 0.5) is 0 Å². The number of hydrogen-bond acceptors (Lipinski definition) is 16. The van der Waals surface area contributed by atoms with E-state index >= 15 is 0 Å². The van der Waals surface area contributed by atoms with Gasteiger partial charge in [0.25, 0.3) is 0 Å². The Hall–Kier alpha value is -0.640. The lowest BCUT2D eigenvalue weighted by molar-refractivity contribution is -0.333. The maximum Gasteiger partial charge on any atom is 0.186 e.